The van der Waals surface area contributed by atoms with Gasteiger partial charge in [0, 0.05) is 79.9 Å². The monoisotopic (exact) mass is 994 g/mol. The maximum atomic E-state index is 12.2. The van der Waals surface area contributed by atoms with E-state index in [1.165, 1.54) is 12.8 Å². The molecule has 19 nitrogen and oxygen atoms in total. The highest BCUT2D eigenvalue weighted by Crippen LogP contribution is 2.22. The molecule has 3 saturated heterocycles. The summed E-state index contributed by atoms with van der Waals surface area (Å²) in [6, 6.07) is 0. The Morgan fingerprint density at radius 1 is 0.470 bits per heavy atom. The third kappa shape index (κ3) is 30.8. The van der Waals surface area contributed by atoms with Gasteiger partial charge >= 0.3 is 23.9 Å². The first-order valence-electron chi connectivity index (χ1n) is 22.6. The summed E-state index contributed by atoms with van der Waals surface area (Å²) >= 11 is 10.7. The van der Waals surface area contributed by atoms with E-state index < -0.39 is 59.3 Å². The van der Waals surface area contributed by atoms with Crippen molar-refractivity contribution in [3.8, 4) is 0 Å². The Labute approximate surface area is 405 Å². The first kappa shape index (κ1) is 66.0. The van der Waals surface area contributed by atoms with Crippen LogP contribution in [0.5, 0.6) is 0 Å². The van der Waals surface area contributed by atoms with E-state index in [9.17, 15) is 47.9 Å². The number of ether oxygens (including phenoxy) is 2. The topological polar surface area (TPSA) is 250 Å². The summed E-state index contributed by atoms with van der Waals surface area (Å²) in [5, 5.41) is 1.69. The SMILES string of the molecule is C.CCCCCC(CCCCC)C(=O)ON1C(=O)CCC1=O.CCCCCCOC(=O)CCC(=O)ON1C(=O)CCC1=O.CCCCCCOCCC(=O)ON1C(=O)CCC1=O.N=S.S=S. The third-order valence-electron chi connectivity index (χ3n) is 9.62. The van der Waals surface area contributed by atoms with Gasteiger partial charge in [-0.2, -0.15) is 0 Å². The Kier molecular flexibility index (Phi) is 43.3. The summed E-state index contributed by atoms with van der Waals surface area (Å²) in [7, 11) is 0. The molecule has 3 rings (SSSR count). The van der Waals surface area contributed by atoms with E-state index in [4.69, 9.17) is 23.9 Å². The van der Waals surface area contributed by atoms with Crippen LogP contribution in [0.15, 0.2) is 0 Å². The summed E-state index contributed by atoms with van der Waals surface area (Å²) in [4.78, 5) is 129. The van der Waals surface area contributed by atoms with Crippen LogP contribution in [0, 0.1) is 10.7 Å². The fourth-order valence-corrected chi connectivity index (χ4v) is 5.97. The van der Waals surface area contributed by atoms with Gasteiger partial charge < -0.3 is 24.0 Å². The van der Waals surface area contributed by atoms with Gasteiger partial charge in [-0.3, -0.25) is 33.6 Å². The molecular weight excluding hydrogens is 921 g/mol. The van der Waals surface area contributed by atoms with Crippen molar-refractivity contribution in [1.29, 1.82) is 4.78 Å². The number of esters is 1. The molecule has 3 fully saturated rings. The molecule has 0 aromatic carbocycles. The van der Waals surface area contributed by atoms with Crippen LogP contribution in [0.25, 0.3) is 0 Å². The number of hydrogen-bond acceptors (Lipinski definition) is 19. The van der Waals surface area contributed by atoms with E-state index in [1.54, 1.807) is 0 Å². The second kappa shape index (κ2) is 43.3. The summed E-state index contributed by atoms with van der Waals surface area (Å²) in [5.74, 6) is -5.32. The number of rotatable bonds is 28. The molecule has 1 N–H and O–H groups in total. The second-order valence-corrected chi connectivity index (χ2v) is 15.0. The minimum Gasteiger partial charge on any atom is -0.466 e. The molecule has 0 aromatic heterocycles. The zero-order valence-corrected chi connectivity index (χ0v) is 41.0. The van der Waals surface area contributed by atoms with Crippen LogP contribution in [0.3, 0.4) is 0 Å². The summed E-state index contributed by atoms with van der Waals surface area (Å²) in [6.07, 6.45) is 16.6. The van der Waals surface area contributed by atoms with Crippen molar-refractivity contribution in [1.82, 2.24) is 15.2 Å². The fraction of sp³-hybridized carbons (Fsp3) is 0.773. The maximum absolute atomic E-state index is 12.2. The quantitative estimate of drug-likeness (QED) is 0.0456. The molecule has 0 atom stereocenters. The standard InChI is InChI=1S/C16H27NO4.C14H21NO6.C13H21NO5.CH4.HNS.S2/c1-3-5-7-9-13(10-8-6-4-2)16(20)21-17-14(18)11-12-15(17)19;1-2-3-4-5-10-20-13(18)8-9-14(19)21-15-11(16)6-7-12(15)17;1-2-3-4-5-9-18-10-8-13(17)19-14-11(15)6-7-12(14)16;;2*1-2/h13H,3-12H2,1-2H3;2-10H2,1H3;2-10H2,1H3;1H4;1H;. The summed E-state index contributed by atoms with van der Waals surface area (Å²) < 4.78 is 15.6. The Morgan fingerprint density at radius 3 is 1.20 bits per heavy atom. The molecule has 0 aromatic rings. The van der Waals surface area contributed by atoms with E-state index >= 15 is 0 Å². The average Bonchev–Trinajstić information content (AvgIpc) is 3.92. The smallest absolute Gasteiger partial charge is 0.336 e. The van der Waals surface area contributed by atoms with Crippen molar-refractivity contribution < 1.29 is 71.9 Å². The predicted molar refractivity (Wildman–Crippen MR) is 249 cm³/mol. The van der Waals surface area contributed by atoms with Crippen LogP contribution in [0.4, 0.5) is 0 Å². The number of carbonyl (C=O) groups excluding carboxylic acids is 10. The van der Waals surface area contributed by atoms with Gasteiger partial charge in [0.15, 0.2) is 0 Å². The normalized spacial score (nSPS) is 13.9. The van der Waals surface area contributed by atoms with Crippen molar-refractivity contribution in [3.63, 3.8) is 0 Å². The lowest BCUT2D eigenvalue weighted by Gasteiger charge is -2.19. The summed E-state index contributed by atoms with van der Waals surface area (Å²) in [6.45, 7) is 9.68. The first-order valence-corrected chi connectivity index (χ1v) is 24.3. The van der Waals surface area contributed by atoms with Crippen LogP contribution in [-0.4, -0.2) is 94.3 Å². The fourth-order valence-electron chi connectivity index (χ4n) is 5.97. The second-order valence-electron chi connectivity index (χ2n) is 15.0. The van der Waals surface area contributed by atoms with Gasteiger partial charge in [0.2, 0.25) is 0 Å². The number of nitrogens with zero attached hydrogens (tertiary/aromatic N) is 3. The Balaban J connectivity index is -0.000000862. The highest BCUT2D eigenvalue weighted by atomic mass is 32.8. The van der Waals surface area contributed by atoms with E-state index in [0.717, 1.165) is 89.9 Å². The minimum atomic E-state index is -0.790. The largest absolute Gasteiger partial charge is 0.466 e. The summed E-state index contributed by atoms with van der Waals surface area (Å²) in [5.41, 5.74) is 0. The molecule has 6 amide bonds. The highest BCUT2D eigenvalue weighted by molar-refractivity contribution is 8.07. The minimum absolute atomic E-state index is 0. The van der Waals surface area contributed by atoms with Gasteiger partial charge in [-0.15, -0.1) is 15.2 Å². The lowest BCUT2D eigenvalue weighted by Crippen LogP contribution is -2.34. The first-order chi connectivity index (χ1) is 31.3. The van der Waals surface area contributed by atoms with Gasteiger partial charge in [-0.1, -0.05) is 112 Å². The molecule has 3 aliphatic rings. The molecule has 22 heteroatoms. The van der Waals surface area contributed by atoms with Crippen molar-refractivity contribution in [2.24, 2.45) is 5.92 Å². The lowest BCUT2D eigenvalue weighted by atomic mass is 9.95. The number of unbranched alkanes of at least 4 members (excludes halogenated alkanes) is 10. The molecular formula is C44H74N4O15S3. The molecule has 3 aliphatic heterocycles. The van der Waals surface area contributed by atoms with E-state index in [2.05, 4.69) is 67.3 Å². The van der Waals surface area contributed by atoms with E-state index in [-0.39, 0.29) is 77.7 Å². The Morgan fingerprint density at radius 2 is 0.803 bits per heavy atom. The molecule has 378 valence electrons. The predicted octanol–water partition coefficient (Wildman–Crippen LogP) is 7.38. The van der Waals surface area contributed by atoms with Gasteiger partial charge in [0.05, 0.1) is 38.4 Å². The van der Waals surface area contributed by atoms with Crippen molar-refractivity contribution in [2.45, 2.75) is 196 Å². The molecule has 0 aliphatic carbocycles. The number of hydrogen-bond donors (Lipinski definition) is 1. The number of nitrogens with one attached hydrogen (secondary N) is 1. The van der Waals surface area contributed by atoms with Crippen molar-refractivity contribution in [2.75, 3.05) is 19.8 Å². The Hall–Kier alpha value is -4.28. The zero-order chi connectivity index (χ0) is 49.4. The molecule has 66 heavy (non-hydrogen) atoms. The third-order valence-corrected chi connectivity index (χ3v) is 9.62. The van der Waals surface area contributed by atoms with Crippen LogP contribution >= 0.6 is 0 Å². The van der Waals surface area contributed by atoms with Crippen molar-refractivity contribution in [3.05, 3.63) is 0 Å². The number of imide groups is 3. The lowest BCUT2D eigenvalue weighted by molar-refractivity contribution is -0.201. The van der Waals surface area contributed by atoms with Gasteiger partial charge in [-0.25, -0.2) is 19.2 Å². The molecule has 0 radical (unpaired) electrons. The molecule has 0 bridgehead atoms. The van der Waals surface area contributed by atoms with Crippen LogP contribution in [0.1, 0.15) is 196 Å². The van der Waals surface area contributed by atoms with E-state index in [1.807, 2.05) is 0 Å². The zero-order valence-electron chi connectivity index (χ0n) is 38.6. The highest BCUT2D eigenvalue weighted by Gasteiger charge is 2.35. The molecule has 0 spiro atoms. The average molecular weight is 995 g/mol. The van der Waals surface area contributed by atoms with Gasteiger partial charge in [-0.05, 0) is 25.7 Å². The van der Waals surface area contributed by atoms with Gasteiger partial charge in [0.25, 0.3) is 35.4 Å². The Bertz CT molecular complexity index is 1430. The molecule has 0 saturated carbocycles. The number of amides is 6. The number of carbonyl (C=O) groups is 10. The van der Waals surface area contributed by atoms with E-state index in [0.29, 0.717) is 28.4 Å². The molecule has 0 unspecified atom stereocenters. The van der Waals surface area contributed by atoms with Gasteiger partial charge in [0.1, 0.15) is 0 Å². The number of hydroxylamine groups is 6. The molecule has 3 heterocycles. The van der Waals surface area contributed by atoms with Crippen LogP contribution < -0.4 is 0 Å². The van der Waals surface area contributed by atoms with Crippen LogP contribution in [-0.2, 0) is 107 Å². The van der Waals surface area contributed by atoms with Crippen molar-refractivity contribution >= 4 is 94.1 Å². The van der Waals surface area contributed by atoms with Crippen LogP contribution in [0.2, 0.25) is 0 Å². The maximum Gasteiger partial charge on any atom is 0.336 e.